The standard InChI is InChI=1S/C34H45FN8O4S/c1-4-43-28(12-13-38-43)31(45)40-34(21-44,25-8-6-5-7-9-25)20-37-27-11-10-24(18-26(27)35)23(2)30(39-32(46)29-19-36-22-48-29)33(47)42-16-14-41(3)15-17-42/h10-13,18-19,21-23,25,30,37H,4-9,14-17,20H2,1-3H3,(H,39,46)(H,40,45)/t23-,30+,34+/m0/s1. The van der Waals surface area contributed by atoms with E-state index in [1.807, 2.05) is 14.0 Å². The summed E-state index contributed by atoms with van der Waals surface area (Å²) >= 11 is 1.18. The lowest BCUT2D eigenvalue weighted by Crippen LogP contribution is -2.60. The van der Waals surface area contributed by atoms with Gasteiger partial charge in [0.1, 0.15) is 34.3 Å². The summed E-state index contributed by atoms with van der Waals surface area (Å²) in [5.41, 5.74) is 1.34. The summed E-state index contributed by atoms with van der Waals surface area (Å²) in [4.78, 5) is 61.3. The van der Waals surface area contributed by atoms with Crippen molar-refractivity contribution < 1.29 is 23.6 Å². The van der Waals surface area contributed by atoms with Crippen molar-refractivity contribution in [1.29, 1.82) is 0 Å². The number of hydrogen-bond acceptors (Lipinski definition) is 9. The van der Waals surface area contributed by atoms with E-state index < -0.39 is 35.1 Å². The van der Waals surface area contributed by atoms with Gasteiger partial charge < -0.3 is 30.5 Å². The lowest BCUT2D eigenvalue weighted by Gasteiger charge is -2.39. The molecular weight excluding hydrogens is 635 g/mol. The summed E-state index contributed by atoms with van der Waals surface area (Å²) in [6.45, 7) is 6.67. The van der Waals surface area contributed by atoms with Gasteiger partial charge in [-0.1, -0.05) is 32.3 Å². The second-order valence-corrected chi connectivity index (χ2v) is 13.7. The maximum atomic E-state index is 15.8. The van der Waals surface area contributed by atoms with Crippen molar-refractivity contribution in [3.63, 3.8) is 0 Å². The van der Waals surface area contributed by atoms with Gasteiger partial charge in [0.25, 0.3) is 11.8 Å². The van der Waals surface area contributed by atoms with E-state index in [2.05, 4.69) is 30.9 Å². The zero-order chi connectivity index (χ0) is 34.3. The smallest absolute Gasteiger partial charge is 0.270 e. The molecule has 1 aromatic carbocycles. The van der Waals surface area contributed by atoms with Crippen LogP contribution in [0.25, 0.3) is 0 Å². The highest BCUT2D eigenvalue weighted by Gasteiger charge is 2.41. The number of carbonyl (C=O) groups is 4. The van der Waals surface area contributed by atoms with Crippen molar-refractivity contribution in [3.8, 4) is 0 Å². The lowest BCUT2D eigenvalue weighted by atomic mass is 9.75. The molecule has 0 unspecified atom stereocenters. The van der Waals surface area contributed by atoms with Crippen LogP contribution in [0.1, 0.15) is 77.6 Å². The van der Waals surface area contributed by atoms with Gasteiger partial charge in [0.15, 0.2) is 0 Å². The number of anilines is 1. The fourth-order valence-corrected chi connectivity index (χ4v) is 7.21. The van der Waals surface area contributed by atoms with Gasteiger partial charge in [0, 0.05) is 51.4 Å². The maximum absolute atomic E-state index is 15.8. The largest absolute Gasteiger partial charge is 0.380 e. The summed E-state index contributed by atoms with van der Waals surface area (Å²) < 4.78 is 17.4. The zero-order valence-electron chi connectivity index (χ0n) is 27.8. The van der Waals surface area contributed by atoms with Crippen LogP contribution in [-0.4, -0.2) is 99.9 Å². The van der Waals surface area contributed by atoms with E-state index in [1.165, 1.54) is 23.6 Å². The number of aldehydes is 1. The highest BCUT2D eigenvalue weighted by atomic mass is 32.1. The van der Waals surface area contributed by atoms with Gasteiger partial charge in [-0.3, -0.25) is 24.0 Å². The molecule has 48 heavy (non-hydrogen) atoms. The van der Waals surface area contributed by atoms with Gasteiger partial charge in [-0.2, -0.15) is 5.10 Å². The molecule has 3 heterocycles. The Balaban J connectivity index is 1.35. The first kappa shape index (κ1) is 35.1. The molecule has 5 rings (SSSR count). The fraction of sp³-hybridized carbons (Fsp3) is 0.529. The molecule has 3 aromatic rings. The average molecular weight is 681 g/mol. The monoisotopic (exact) mass is 680 g/mol. The molecule has 1 aliphatic heterocycles. The molecule has 3 atom stereocenters. The second-order valence-electron chi connectivity index (χ2n) is 12.8. The summed E-state index contributed by atoms with van der Waals surface area (Å²) in [6, 6.07) is 5.35. The van der Waals surface area contributed by atoms with Crippen molar-refractivity contribution in [3.05, 3.63) is 64.1 Å². The summed E-state index contributed by atoms with van der Waals surface area (Å²) in [7, 11) is 2.00. The fourth-order valence-electron chi connectivity index (χ4n) is 6.68. The van der Waals surface area contributed by atoms with E-state index in [0.29, 0.717) is 35.8 Å². The minimum atomic E-state index is -1.26. The minimum absolute atomic E-state index is 0.00554. The van der Waals surface area contributed by atoms with Gasteiger partial charge in [-0.25, -0.2) is 4.39 Å². The number of nitrogens with one attached hydrogen (secondary N) is 3. The highest BCUT2D eigenvalue weighted by Crippen LogP contribution is 2.33. The number of piperazine rings is 1. The maximum Gasteiger partial charge on any atom is 0.270 e. The van der Waals surface area contributed by atoms with Crippen molar-refractivity contribution in [2.24, 2.45) is 5.92 Å². The third kappa shape index (κ3) is 7.92. The Kier molecular flexibility index (Phi) is 11.6. The summed E-state index contributed by atoms with van der Waals surface area (Å²) in [6.07, 6.45) is 8.27. The van der Waals surface area contributed by atoms with Gasteiger partial charge in [-0.15, -0.1) is 11.3 Å². The predicted molar refractivity (Wildman–Crippen MR) is 181 cm³/mol. The molecule has 14 heteroatoms. The van der Waals surface area contributed by atoms with Crippen molar-refractivity contribution in [2.75, 3.05) is 45.1 Å². The molecule has 3 N–H and O–H groups in total. The quantitative estimate of drug-likeness (QED) is 0.233. The Labute approximate surface area is 284 Å². The third-order valence-corrected chi connectivity index (χ3v) is 10.5. The van der Waals surface area contributed by atoms with Crippen LogP contribution < -0.4 is 16.0 Å². The van der Waals surface area contributed by atoms with Crippen LogP contribution in [0, 0.1) is 11.7 Å². The zero-order valence-corrected chi connectivity index (χ0v) is 28.6. The molecular formula is C34H45FN8O4S. The van der Waals surface area contributed by atoms with Crippen LogP contribution in [0.4, 0.5) is 10.1 Å². The Morgan fingerprint density at radius 2 is 1.85 bits per heavy atom. The van der Waals surface area contributed by atoms with Gasteiger partial charge in [-0.05, 0) is 56.5 Å². The molecule has 2 aliphatic rings. The first-order chi connectivity index (χ1) is 23.2. The molecule has 1 aliphatic carbocycles. The number of benzene rings is 1. The Hall–Kier alpha value is -4.17. The van der Waals surface area contributed by atoms with Crippen LogP contribution in [-0.2, 0) is 16.1 Å². The van der Waals surface area contributed by atoms with E-state index in [4.69, 9.17) is 0 Å². The topological polar surface area (TPSA) is 142 Å². The van der Waals surface area contributed by atoms with E-state index in [9.17, 15) is 19.2 Å². The van der Waals surface area contributed by atoms with E-state index in [-0.39, 0.29) is 24.1 Å². The molecule has 1 saturated carbocycles. The summed E-state index contributed by atoms with van der Waals surface area (Å²) in [5, 5.41) is 13.2. The number of thiazole rings is 1. The molecule has 3 amide bonds. The number of aromatic nitrogens is 3. The molecule has 0 bridgehead atoms. The van der Waals surface area contributed by atoms with E-state index in [1.54, 1.807) is 46.4 Å². The number of carbonyl (C=O) groups excluding carboxylic acids is 4. The van der Waals surface area contributed by atoms with Gasteiger partial charge >= 0.3 is 0 Å². The van der Waals surface area contributed by atoms with E-state index >= 15 is 4.39 Å². The van der Waals surface area contributed by atoms with Crippen LogP contribution >= 0.6 is 11.3 Å². The Morgan fingerprint density at radius 3 is 2.50 bits per heavy atom. The number of aryl methyl sites for hydroxylation is 1. The second kappa shape index (κ2) is 15.8. The molecule has 1 saturated heterocycles. The number of rotatable bonds is 13. The number of likely N-dealkylation sites (N-methyl/N-ethyl adjacent to an activating group) is 1. The SMILES string of the molecule is CCn1nccc1C(=O)N[C@@](C=O)(CNc1ccc([C@H](C)[C@@H](NC(=O)c2cncs2)C(=O)N2CCN(C)CC2)cc1F)C1CCCCC1. The first-order valence-electron chi connectivity index (χ1n) is 16.7. The number of amides is 3. The van der Waals surface area contributed by atoms with Gasteiger partial charge in [0.2, 0.25) is 5.91 Å². The van der Waals surface area contributed by atoms with Crippen molar-refractivity contribution in [2.45, 2.75) is 70.0 Å². The molecule has 2 aromatic heterocycles. The van der Waals surface area contributed by atoms with Crippen LogP contribution in [0.3, 0.4) is 0 Å². The van der Waals surface area contributed by atoms with Gasteiger partial charge in [0.05, 0.1) is 17.4 Å². The molecule has 258 valence electrons. The first-order valence-corrected chi connectivity index (χ1v) is 17.5. The average Bonchev–Trinajstić information content (AvgIpc) is 3.83. The lowest BCUT2D eigenvalue weighted by molar-refractivity contribution is -0.135. The third-order valence-electron chi connectivity index (χ3n) is 9.75. The van der Waals surface area contributed by atoms with Crippen molar-refractivity contribution >= 4 is 41.0 Å². The predicted octanol–water partition coefficient (Wildman–Crippen LogP) is 3.53. The molecule has 0 radical (unpaired) electrons. The number of nitrogens with zero attached hydrogens (tertiary/aromatic N) is 5. The minimum Gasteiger partial charge on any atom is -0.380 e. The van der Waals surface area contributed by atoms with Crippen LogP contribution in [0.15, 0.2) is 42.2 Å². The van der Waals surface area contributed by atoms with Crippen LogP contribution in [0.2, 0.25) is 0 Å². The highest BCUT2D eigenvalue weighted by molar-refractivity contribution is 7.11. The number of halogens is 1. The van der Waals surface area contributed by atoms with E-state index in [0.717, 1.165) is 51.5 Å². The van der Waals surface area contributed by atoms with Crippen molar-refractivity contribution in [1.82, 2.24) is 35.2 Å². The number of hydrogen-bond donors (Lipinski definition) is 3. The Morgan fingerprint density at radius 1 is 1.10 bits per heavy atom. The molecule has 12 nitrogen and oxygen atoms in total. The Bertz CT molecular complexity index is 1570. The summed E-state index contributed by atoms with van der Waals surface area (Å²) in [5.74, 6) is -2.29. The van der Waals surface area contributed by atoms with Crippen LogP contribution in [0.5, 0.6) is 0 Å². The molecule has 2 fully saturated rings. The molecule has 0 spiro atoms. The normalized spacial score (nSPS) is 18.4.